The van der Waals surface area contributed by atoms with E-state index < -0.39 is 0 Å². The van der Waals surface area contributed by atoms with Crippen LogP contribution < -0.4 is 0 Å². The van der Waals surface area contributed by atoms with Crippen LogP contribution in [0.5, 0.6) is 0 Å². The molecule has 2 rings (SSSR count). The first-order valence-electron chi connectivity index (χ1n) is 4.48. The highest BCUT2D eigenvalue weighted by molar-refractivity contribution is 5.24. The number of benzene rings is 1. The number of nitrogens with zero attached hydrogens (tertiary/aromatic N) is 1. The van der Waals surface area contributed by atoms with Gasteiger partial charge in [-0.2, -0.15) is 0 Å². The van der Waals surface area contributed by atoms with Gasteiger partial charge >= 0.3 is 0 Å². The van der Waals surface area contributed by atoms with Gasteiger partial charge in [0, 0.05) is 24.4 Å². The summed E-state index contributed by atoms with van der Waals surface area (Å²) in [7, 11) is 0. The minimum atomic E-state index is -0.191. The zero-order valence-corrected chi connectivity index (χ0v) is 7.65. The lowest BCUT2D eigenvalue weighted by atomic mass is 10.1. The predicted octanol–water partition coefficient (Wildman–Crippen LogP) is 2.81. The van der Waals surface area contributed by atoms with E-state index >= 15 is 0 Å². The van der Waals surface area contributed by atoms with E-state index in [2.05, 4.69) is 4.98 Å². The van der Waals surface area contributed by atoms with Crippen LogP contribution in [0.1, 0.15) is 11.1 Å². The average molecular weight is 187 g/mol. The van der Waals surface area contributed by atoms with Crippen molar-refractivity contribution in [2.75, 3.05) is 0 Å². The van der Waals surface area contributed by atoms with E-state index in [0.29, 0.717) is 12.0 Å². The summed E-state index contributed by atoms with van der Waals surface area (Å²) in [6.07, 6.45) is 3.63. The van der Waals surface area contributed by atoms with Gasteiger partial charge in [-0.1, -0.05) is 30.3 Å². The van der Waals surface area contributed by atoms with Gasteiger partial charge in [-0.3, -0.25) is 4.98 Å². The van der Waals surface area contributed by atoms with Crippen molar-refractivity contribution in [2.24, 2.45) is 0 Å². The number of pyridine rings is 1. The van der Waals surface area contributed by atoms with Gasteiger partial charge in [0.1, 0.15) is 5.82 Å². The zero-order chi connectivity index (χ0) is 9.80. The fraction of sp³-hybridized carbons (Fsp3) is 0.0833. The van der Waals surface area contributed by atoms with Crippen LogP contribution in [0.3, 0.4) is 0 Å². The number of hydrogen-bond donors (Lipinski definition) is 0. The molecule has 2 aromatic rings. The molecule has 0 atom stereocenters. The second kappa shape index (κ2) is 4.01. The molecule has 0 saturated heterocycles. The Bertz CT molecular complexity index is 412. The molecule has 2 heteroatoms. The Hall–Kier alpha value is -1.70. The third-order valence-electron chi connectivity index (χ3n) is 2.08. The van der Waals surface area contributed by atoms with Gasteiger partial charge in [-0.15, -0.1) is 0 Å². The second-order valence-electron chi connectivity index (χ2n) is 3.13. The van der Waals surface area contributed by atoms with Crippen LogP contribution in [-0.2, 0) is 6.42 Å². The Kier molecular flexibility index (Phi) is 2.54. The monoisotopic (exact) mass is 187 g/mol. The molecular formula is C12H10FN. The minimum Gasteiger partial charge on any atom is -0.264 e. The van der Waals surface area contributed by atoms with Crippen molar-refractivity contribution in [1.82, 2.24) is 4.98 Å². The normalized spacial score (nSPS) is 10.1. The highest BCUT2D eigenvalue weighted by Gasteiger charge is 2.01. The molecule has 14 heavy (non-hydrogen) atoms. The Morgan fingerprint density at radius 3 is 2.57 bits per heavy atom. The second-order valence-corrected chi connectivity index (χ2v) is 3.13. The van der Waals surface area contributed by atoms with Crippen LogP contribution in [0.2, 0.25) is 0 Å². The Labute approximate surface area is 82.2 Å². The number of halogens is 1. The topological polar surface area (TPSA) is 12.9 Å². The van der Waals surface area contributed by atoms with Crippen LogP contribution in [0.4, 0.5) is 4.39 Å². The lowest BCUT2D eigenvalue weighted by Gasteiger charge is -2.01. The van der Waals surface area contributed by atoms with Crippen LogP contribution in [0, 0.1) is 5.82 Å². The zero-order valence-electron chi connectivity index (χ0n) is 7.65. The van der Waals surface area contributed by atoms with Crippen molar-refractivity contribution in [2.45, 2.75) is 6.42 Å². The average Bonchev–Trinajstić information content (AvgIpc) is 2.23. The number of hydrogen-bond acceptors (Lipinski definition) is 1. The van der Waals surface area contributed by atoms with E-state index in [1.54, 1.807) is 6.20 Å². The molecule has 0 N–H and O–H groups in total. The Morgan fingerprint density at radius 1 is 1.07 bits per heavy atom. The molecule has 0 aliphatic carbocycles. The van der Waals surface area contributed by atoms with Crippen molar-refractivity contribution >= 4 is 0 Å². The first-order chi connectivity index (χ1) is 6.86. The van der Waals surface area contributed by atoms with Crippen LogP contribution in [-0.4, -0.2) is 4.98 Å². The van der Waals surface area contributed by atoms with E-state index in [9.17, 15) is 4.39 Å². The summed E-state index contributed by atoms with van der Waals surface area (Å²) in [6, 6.07) is 11.2. The van der Waals surface area contributed by atoms with Crippen LogP contribution in [0.25, 0.3) is 0 Å². The molecule has 0 bridgehead atoms. The summed E-state index contributed by atoms with van der Waals surface area (Å²) in [4.78, 5) is 3.90. The van der Waals surface area contributed by atoms with Gasteiger partial charge in [0.25, 0.3) is 0 Å². The standard InChI is InChI=1S/C12H10FN/c13-12-6-7-14-9-11(12)8-10-4-2-1-3-5-10/h1-7,9H,8H2. The molecule has 0 aliphatic rings. The Morgan fingerprint density at radius 2 is 1.86 bits per heavy atom. The quantitative estimate of drug-likeness (QED) is 0.704. The van der Waals surface area contributed by atoms with E-state index in [4.69, 9.17) is 0 Å². The lowest BCUT2D eigenvalue weighted by Crippen LogP contribution is -1.92. The maximum absolute atomic E-state index is 13.2. The molecule has 0 aliphatic heterocycles. The van der Waals surface area contributed by atoms with Gasteiger partial charge in [0.05, 0.1) is 0 Å². The molecule has 0 fully saturated rings. The van der Waals surface area contributed by atoms with E-state index in [0.717, 1.165) is 5.56 Å². The smallest absolute Gasteiger partial charge is 0.129 e. The maximum atomic E-state index is 13.2. The first-order valence-corrected chi connectivity index (χ1v) is 4.48. The van der Waals surface area contributed by atoms with Crippen molar-refractivity contribution in [3.8, 4) is 0 Å². The molecule has 1 nitrogen and oxygen atoms in total. The summed E-state index contributed by atoms with van der Waals surface area (Å²) >= 11 is 0. The van der Waals surface area contributed by atoms with Crippen molar-refractivity contribution < 1.29 is 4.39 Å². The number of rotatable bonds is 2. The fourth-order valence-corrected chi connectivity index (χ4v) is 1.36. The Balaban J connectivity index is 2.24. The third kappa shape index (κ3) is 1.96. The summed E-state index contributed by atoms with van der Waals surface area (Å²) in [5, 5.41) is 0. The molecule has 1 aromatic heterocycles. The number of aromatic nitrogens is 1. The molecule has 0 spiro atoms. The maximum Gasteiger partial charge on any atom is 0.129 e. The minimum absolute atomic E-state index is 0.191. The predicted molar refractivity (Wildman–Crippen MR) is 53.4 cm³/mol. The molecule has 0 unspecified atom stereocenters. The van der Waals surface area contributed by atoms with E-state index in [1.807, 2.05) is 30.3 Å². The fourth-order valence-electron chi connectivity index (χ4n) is 1.36. The van der Waals surface area contributed by atoms with Crippen molar-refractivity contribution in [1.29, 1.82) is 0 Å². The molecule has 70 valence electrons. The molecule has 1 heterocycles. The lowest BCUT2D eigenvalue weighted by molar-refractivity contribution is 0.611. The largest absolute Gasteiger partial charge is 0.264 e. The molecule has 0 saturated carbocycles. The van der Waals surface area contributed by atoms with Gasteiger partial charge in [0.15, 0.2) is 0 Å². The molecular weight excluding hydrogens is 177 g/mol. The highest BCUT2D eigenvalue weighted by atomic mass is 19.1. The van der Waals surface area contributed by atoms with E-state index in [-0.39, 0.29) is 5.82 Å². The molecule has 0 radical (unpaired) electrons. The molecule has 0 amide bonds. The summed E-state index contributed by atoms with van der Waals surface area (Å²) in [5.41, 5.74) is 1.73. The van der Waals surface area contributed by atoms with Crippen molar-refractivity contribution in [3.63, 3.8) is 0 Å². The van der Waals surface area contributed by atoms with Crippen LogP contribution in [0.15, 0.2) is 48.8 Å². The van der Waals surface area contributed by atoms with Crippen LogP contribution >= 0.6 is 0 Å². The van der Waals surface area contributed by atoms with Crippen molar-refractivity contribution in [3.05, 3.63) is 65.7 Å². The van der Waals surface area contributed by atoms with Gasteiger partial charge in [-0.05, 0) is 11.6 Å². The van der Waals surface area contributed by atoms with Gasteiger partial charge < -0.3 is 0 Å². The molecule has 1 aromatic carbocycles. The summed E-state index contributed by atoms with van der Waals surface area (Å²) < 4.78 is 13.2. The van der Waals surface area contributed by atoms with E-state index in [1.165, 1.54) is 12.3 Å². The van der Waals surface area contributed by atoms with Gasteiger partial charge in [0.2, 0.25) is 0 Å². The first kappa shape index (κ1) is 8.88. The summed E-state index contributed by atoms with van der Waals surface area (Å²) in [6.45, 7) is 0. The highest BCUT2D eigenvalue weighted by Crippen LogP contribution is 2.11. The summed E-state index contributed by atoms with van der Waals surface area (Å²) in [5.74, 6) is -0.191. The van der Waals surface area contributed by atoms with Gasteiger partial charge in [-0.25, -0.2) is 4.39 Å². The third-order valence-corrected chi connectivity index (χ3v) is 2.08. The SMILES string of the molecule is Fc1ccncc1Cc1ccccc1.